The predicted molar refractivity (Wildman–Crippen MR) is 87.2 cm³/mol. The van der Waals surface area contributed by atoms with Gasteiger partial charge in [0.1, 0.15) is 19.0 Å². The van der Waals surface area contributed by atoms with E-state index < -0.39 is 18.0 Å². The molecule has 132 valence electrons. The Bertz CT molecular complexity index is 819. The maximum atomic E-state index is 12.3. The highest BCUT2D eigenvalue weighted by atomic mass is 35.5. The van der Waals surface area contributed by atoms with Gasteiger partial charge in [-0.1, -0.05) is 16.8 Å². The monoisotopic (exact) mass is 366 g/mol. The number of carbonyl (C=O) groups excluding carboxylic acids is 2. The largest absolute Gasteiger partial charge is 0.486 e. The molecule has 8 nitrogen and oxygen atoms in total. The number of nitrogens with zero attached hydrogens (tertiary/aromatic N) is 1. The van der Waals surface area contributed by atoms with Crippen LogP contribution in [0.25, 0.3) is 0 Å². The SMILES string of the molecule is Cc1cc(NC(=O)C(C)OC(=O)c2cc(Cl)c3c(c2)OCCO3)no1. The minimum absolute atomic E-state index is 0.159. The Kier molecular flexibility index (Phi) is 4.80. The fraction of sp³-hybridized carbons (Fsp3) is 0.312. The van der Waals surface area contributed by atoms with Crippen LogP contribution in [0.15, 0.2) is 22.7 Å². The number of aryl methyl sites for hydroxylation is 1. The molecule has 0 spiro atoms. The fourth-order valence-corrected chi connectivity index (χ4v) is 2.43. The average molecular weight is 367 g/mol. The highest BCUT2D eigenvalue weighted by molar-refractivity contribution is 6.32. The number of ether oxygens (including phenoxy) is 3. The van der Waals surface area contributed by atoms with Gasteiger partial charge in [0.05, 0.1) is 10.6 Å². The first kappa shape index (κ1) is 17.1. The molecule has 1 amide bonds. The zero-order valence-electron chi connectivity index (χ0n) is 13.5. The van der Waals surface area contributed by atoms with Crippen molar-refractivity contribution >= 4 is 29.3 Å². The van der Waals surface area contributed by atoms with Crippen molar-refractivity contribution in [1.82, 2.24) is 5.16 Å². The lowest BCUT2D eigenvalue weighted by atomic mass is 10.2. The van der Waals surface area contributed by atoms with E-state index in [2.05, 4.69) is 10.5 Å². The molecule has 25 heavy (non-hydrogen) atoms. The van der Waals surface area contributed by atoms with Crippen molar-refractivity contribution in [2.45, 2.75) is 20.0 Å². The summed E-state index contributed by atoms with van der Waals surface area (Å²) in [5, 5.41) is 6.36. The second kappa shape index (κ2) is 7.02. The summed E-state index contributed by atoms with van der Waals surface area (Å²) >= 11 is 6.09. The standard InChI is InChI=1S/C16H15ClN2O6/c1-8-5-13(19-25-8)18-15(20)9(2)24-16(21)10-6-11(17)14-12(7-10)22-3-4-23-14/h5-7,9H,3-4H2,1-2H3,(H,18,19,20). The topological polar surface area (TPSA) is 99.9 Å². The molecule has 1 unspecified atom stereocenters. The molecule has 0 bridgehead atoms. The van der Waals surface area contributed by atoms with Crippen LogP contribution in [0.4, 0.5) is 5.82 Å². The number of aromatic nitrogens is 1. The number of anilines is 1. The van der Waals surface area contributed by atoms with Crippen molar-refractivity contribution in [2.75, 3.05) is 18.5 Å². The summed E-state index contributed by atoms with van der Waals surface area (Å²) in [4.78, 5) is 24.3. The first-order chi connectivity index (χ1) is 11.9. The Morgan fingerprint density at radius 3 is 2.76 bits per heavy atom. The van der Waals surface area contributed by atoms with Crippen LogP contribution in [-0.2, 0) is 9.53 Å². The summed E-state index contributed by atoms with van der Waals surface area (Å²) in [7, 11) is 0. The minimum Gasteiger partial charge on any atom is -0.486 e. The second-order valence-corrected chi connectivity index (χ2v) is 5.75. The molecule has 2 heterocycles. The molecule has 3 rings (SSSR count). The summed E-state index contributed by atoms with van der Waals surface area (Å²) in [5.41, 5.74) is 0.159. The molecule has 1 aliphatic heterocycles. The third-order valence-electron chi connectivity index (χ3n) is 3.36. The van der Waals surface area contributed by atoms with Gasteiger partial charge >= 0.3 is 5.97 Å². The molecule has 0 saturated carbocycles. The normalized spacial score (nSPS) is 13.9. The molecule has 1 atom stereocenters. The van der Waals surface area contributed by atoms with Gasteiger partial charge in [0.2, 0.25) is 0 Å². The summed E-state index contributed by atoms with van der Waals surface area (Å²) in [6.07, 6.45) is -1.04. The van der Waals surface area contributed by atoms with Crippen LogP contribution >= 0.6 is 11.6 Å². The number of nitrogens with one attached hydrogen (secondary N) is 1. The van der Waals surface area contributed by atoms with Gasteiger partial charge in [0.25, 0.3) is 5.91 Å². The zero-order valence-corrected chi connectivity index (χ0v) is 14.3. The summed E-state index contributed by atoms with van der Waals surface area (Å²) in [6, 6.07) is 4.42. The third kappa shape index (κ3) is 3.85. The Labute approximate surface area is 148 Å². The van der Waals surface area contributed by atoms with E-state index in [9.17, 15) is 9.59 Å². The van der Waals surface area contributed by atoms with E-state index in [-0.39, 0.29) is 16.4 Å². The van der Waals surface area contributed by atoms with Crippen molar-refractivity contribution in [1.29, 1.82) is 0 Å². The first-order valence-corrected chi connectivity index (χ1v) is 7.86. The Morgan fingerprint density at radius 2 is 2.04 bits per heavy atom. The number of hydrogen-bond donors (Lipinski definition) is 1. The van der Waals surface area contributed by atoms with Crippen molar-refractivity contribution in [3.05, 3.63) is 34.5 Å². The first-order valence-electron chi connectivity index (χ1n) is 7.48. The van der Waals surface area contributed by atoms with Crippen molar-refractivity contribution in [3.8, 4) is 11.5 Å². The number of amides is 1. The van der Waals surface area contributed by atoms with Crippen LogP contribution in [0.3, 0.4) is 0 Å². The van der Waals surface area contributed by atoms with Crippen LogP contribution in [0.1, 0.15) is 23.0 Å². The van der Waals surface area contributed by atoms with E-state index in [4.69, 9.17) is 30.3 Å². The lowest BCUT2D eigenvalue weighted by Crippen LogP contribution is -2.30. The highest BCUT2D eigenvalue weighted by Crippen LogP contribution is 2.38. The molecule has 0 fully saturated rings. The smallest absolute Gasteiger partial charge is 0.339 e. The zero-order chi connectivity index (χ0) is 18.0. The van der Waals surface area contributed by atoms with Gasteiger partial charge in [0.15, 0.2) is 23.4 Å². The van der Waals surface area contributed by atoms with Crippen LogP contribution in [0.5, 0.6) is 11.5 Å². The molecule has 1 aromatic carbocycles. The molecular weight excluding hydrogens is 352 g/mol. The van der Waals surface area contributed by atoms with Gasteiger partial charge in [-0.15, -0.1) is 0 Å². The number of fused-ring (bicyclic) bond motifs is 1. The predicted octanol–water partition coefficient (Wildman–Crippen LogP) is 2.59. The lowest BCUT2D eigenvalue weighted by Gasteiger charge is -2.20. The Balaban J connectivity index is 1.67. The maximum Gasteiger partial charge on any atom is 0.339 e. The highest BCUT2D eigenvalue weighted by Gasteiger charge is 2.23. The molecule has 1 aromatic heterocycles. The summed E-state index contributed by atoms with van der Waals surface area (Å²) in [5.74, 6) is 0.291. The molecule has 0 radical (unpaired) electrons. The Hall–Kier alpha value is -2.74. The molecule has 0 saturated heterocycles. The van der Waals surface area contributed by atoms with E-state index in [1.165, 1.54) is 19.1 Å². The van der Waals surface area contributed by atoms with Crippen LogP contribution in [0, 0.1) is 6.92 Å². The van der Waals surface area contributed by atoms with Crippen molar-refractivity contribution in [2.24, 2.45) is 0 Å². The van der Waals surface area contributed by atoms with Crippen molar-refractivity contribution in [3.63, 3.8) is 0 Å². The number of carbonyl (C=O) groups is 2. The fourth-order valence-electron chi connectivity index (χ4n) is 2.16. The van der Waals surface area contributed by atoms with Gasteiger partial charge in [0, 0.05) is 6.07 Å². The number of rotatable bonds is 4. The quantitative estimate of drug-likeness (QED) is 0.830. The number of halogens is 1. The molecule has 1 N–H and O–H groups in total. The van der Waals surface area contributed by atoms with Crippen molar-refractivity contribution < 1.29 is 28.3 Å². The summed E-state index contributed by atoms with van der Waals surface area (Å²) in [6.45, 7) is 3.88. The van der Waals surface area contributed by atoms with Crippen LogP contribution < -0.4 is 14.8 Å². The van der Waals surface area contributed by atoms with E-state index >= 15 is 0 Å². The van der Waals surface area contributed by atoms with E-state index in [0.717, 1.165) is 0 Å². The van der Waals surface area contributed by atoms with Gasteiger partial charge in [-0.3, -0.25) is 4.79 Å². The average Bonchev–Trinajstić information content (AvgIpc) is 2.99. The lowest BCUT2D eigenvalue weighted by molar-refractivity contribution is -0.123. The number of hydrogen-bond acceptors (Lipinski definition) is 7. The maximum absolute atomic E-state index is 12.3. The Morgan fingerprint density at radius 1 is 1.28 bits per heavy atom. The third-order valence-corrected chi connectivity index (χ3v) is 3.65. The molecule has 2 aromatic rings. The van der Waals surface area contributed by atoms with Crippen LogP contribution in [-0.4, -0.2) is 36.4 Å². The van der Waals surface area contributed by atoms with E-state index in [1.54, 1.807) is 13.0 Å². The van der Waals surface area contributed by atoms with Gasteiger partial charge in [-0.25, -0.2) is 4.79 Å². The second-order valence-electron chi connectivity index (χ2n) is 5.34. The number of esters is 1. The van der Waals surface area contributed by atoms with Gasteiger partial charge in [-0.2, -0.15) is 0 Å². The van der Waals surface area contributed by atoms with Crippen LogP contribution in [0.2, 0.25) is 5.02 Å². The molecular formula is C16H15ClN2O6. The molecule has 1 aliphatic rings. The molecule has 0 aliphatic carbocycles. The van der Waals surface area contributed by atoms with Gasteiger partial charge in [-0.05, 0) is 26.0 Å². The molecule has 9 heteroatoms. The summed E-state index contributed by atoms with van der Waals surface area (Å²) < 4.78 is 20.8. The van der Waals surface area contributed by atoms with E-state index in [0.29, 0.717) is 30.5 Å². The van der Waals surface area contributed by atoms with E-state index in [1.807, 2.05) is 0 Å². The number of benzene rings is 1. The minimum atomic E-state index is -1.04. The van der Waals surface area contributed by atoms with Gasteiger partial charge < -0.3 is 24.1 Å².